The highest BCUT2D eigenvalue weighted by molar-refractivity contribution is 5.90. The van der Waals surface area contributed by atoms with Gasteiger partial charge in [-0.05, 0) is 61.4 Å². The number of hydrogen-bond donors (Lipinski definition) is 2. The lowest BCUT2D eigenvalue weighted by atomic mass is 10.1. The van der Waals surface area contributed by atoms with Crippen molar-refractivity contribution >= 4 is 17.3 Å². The summed E-state index contributed by atoms with van der Waals surface area (Å²) < 4.78 is 5.50. The molecule has 0 radical (unpaired) electrons. The van der Waals surface area contributed by atoms with Crippen molar-refractivity contribution < 1.29 is 9.53 Å². The molecule has 3 N–H and O–H groups in total. The Labute approximate surface area is 124 Å². The molecule has 0 aliphatic carbocycles. The van der Waals surface area contributed by atoms with Gasteiger partial charge < -0.3 is 15.8 Å². The molecule has 0 heterocycles. The lowest BCUT2D eigenvalue weighted by molar-refractivity contribution is -0.116. The van der Waals surface area contributed by atoms with E-state index in [1.54, 1.807) is 24.3 Å². The van der Waals surface area contributed by atoms with Crippen LogP contribution in [0.4, 0.5) is 11.4 Å². The number of nitrogens with one attached hydrogen (secondary N) is 1. The number of aryl methyl sites for hydroxylation is 2. The zero-order valence-corrected chi connectivity index (χ0v) is 12.3. The molecule has 2 rings (SSSR count). The van der Waals surface area contributed by atoms with E-state index in [1.165, 1.54) is 5.56 Å². The number of nitrogen functional groups attached to an aromatic ring is 1. The van der Waals surface area contributed by atoms with Crippen LogP contribution in [0, 0.1) is 13.8 Å². The zero-order valence-electron chi connectivity index (χ0n) is 12.3. The average molecular weight is 284 g/mol. The number of nitrogens with two attached hydrogens (primary N) is 1. The maximum absolute atomic E-state index is 11.8. The summed E-state index contributed by atoms with van der Waals surface area (Å²) in [4.78, 5) is 11.8. The Kier molecular flexibility index (Phi) is 4.82. The summed E-state index contributed by atoms with van der Waals surface area (Å²) >= 11 is 0. The molecule has 2 aromatic carbocycles. The first-order chi connectivity index (χ1) is 10.0. The van der Waals surface area contributed by atoms with Crippen LogP contribution in [0.3, 0.4) is 0 Å². The lowest BCUT2D eigenvalue weighted by Crippen LogP contribution is -2.15. The molecule has 0 saturated carbocycles. The predicted molar refractivity (Wildman–Crippen MR) is 85.5 cm³/mol. The standard InChI is InChI=1S/C17H20N2O2/c1-12-3-6-15(11-13(12)2)19-17(20)9-10-21-16-7-4-14(18)5-8-16/h3-8,11H,9-10,18H2,1-2H3,(H,19,20). The van der Waals surface area contributed by atoms with Crippen molar-refractivity contribution in [3.05, 3.63) is 53.6 Å². The second-order valence-corrected chi connectivity index (χ2v) is 5.01. The highest BCUT2D eigenvalue weighted by Gasteiger charge is 2.04. The number of amides is 1. The molecule has 4 heteroatoms. The summed E-state index contributed by atoms with van der Waals surface area (Å²) in [5.41, 5.74) is 9.46. The van der Waals surface area contributed by atoms with Gasteiger partial charge in [-0.15, -0.1) is 0 Å². The molecule has 0 saturated heterocycles. The van der Waals surface area contributed by atoms with Gasteiger partial charge in [0.05, 0.1) is 13.0 Å². The zero-order chi connectivity index (χ0) is 15.2. The molecule has 2 aromatic rings. The Balaban J connectivity index is 1.79. The quantitative estimate of drug-likeness (QED) is 0.828. The van der Waals surface area contributed by atoms with E-state index in [0.29, 0.717) is 24.5 Å². The van der Waals surface area contributed by atoms with Gasteiger partial charge in [-0.1, -0.05) is 6.07 Å². The minimum atomic E-state index is -0.0614. The third-order valence-electron chi connectivity index (χ3n) is 3.27. The highest BCUT2D eigenvalue weighted by Crippen LogP contribution is 2.15. The summed E-state index contributed by atoms with van der Waals surface area (Å²) in [6.45, 7) is 4.40. The third-order valence-corrected chi connectivity index (χ3v) is 3.27. The van der Waals surface area contributed by atoms with Gasteiger partial charge in [0.25, 0.3) is 0 Å². The van der Waals surface area contributed by atoms with Gasteiger partial charge in [-0.2, -0.15) is 0 Å². The van der Waals surface area contributed by atoms with E-state index in [2.05, 4.69) is 5.32 Å². The summed E-state index contributed by atoms with van der Waals surface area (Å²) in [7, 11) is 0. The molecule has 0 aliphatic heterocycles. The molecule has 4 nitrogen and oxygen atoms in total. The molecule has 0 bridgehead atoms. The van der Waals surface area contributed by atoms with Crippen LogP contribution in [0.15, 0.2) is 42.5 Å². The lowest BCUT2D eigenvalue weighted by Gasteiger charge is -2.09. The first kappa shape index (κ1) is 14.9. The number of benzene rings is 2. The van der Waals surface area contributed by atoms with Crippen molar-refractivity contribution in [1.82, 2.24) is 0 Å². The van der Waals surface area contributed by atoms with Crippen LogP contribution in [-0.2, 0) is 4.79 Å². The number of carbonyl (C=O) groups is 1. The Bertz CT molecular complexity index is 621. The second kappa shape index (κ2) is 6.79. The molecule has 0 unspecified atom stereocenters. The number of ether oxygens (including phenoxy) is 1. The van der Waals surface area contributed by atoms with E-state index in [4.69, 9.17) is 10.5 Å². The van der Waals surface area contributed by atoms with E-state index < -0.39 is 0 Å². The van der Waals surface area contributed by atoms with Crippen molar-refractivity contribution in [3.8, 4) is 5.75 Å². The van der Waals surface area contributed by atoms with Gasteiger partial charge in [-0.25, -0.2) is 0 Å². The number of rotatable bonds is 5. The molecule has 0 aromatic heterocycles. The Morgan fingerprint density at radius 3 is 2.48 bits per heavy atom. The van der Waals surface area contributed by atoms with Gasteiger partial charge in [0.1, 0.15) is 5.75 Å². The Morgan fingerprint density at radius 1 is 1.10 bits per heavy atom. The van der Waals surface area contributed by atoms with Crippen molar-refractivity contribution in [3.63, 3.8) is 0 Å². The maximum atomic E-state index is 11.8. The van der Waals surface area contributed by atoms with Crippen molar-refractivity contribution in [2.45, 2.75) is 20.3 Å². The van der Waals surface area contributed by atoms with Gasteiger partial charge in [-0.3, -0.25) is 4.79 Å². The van der Waals surface area contributed by atoms with E-state index in [0.717, 1.165) is 11.3 Å². The first-order valence-electron chi connectivity index (χ1n) is 6.90. The number of carbonyl (C=O) groups excluding carboxylic acids is 1. The molecule has 21 heavy (non-hydrogen) atoms. The van der Waals surface area contributed by atoms with Gasteiger partial charge in [0.2, 0.25) is 5.91 Å². The van der Waals surface area contributed by atoms with Crippen LogP contribution in [0.2, 0.25) is 0 Å². The van der Waals surface area contributed by atoms with E-state index in [9.17, 15) is 4.79 Å². The first-order valence-corrected chi connectivity index (χ1v) is 6.90. The largest absolute Gasteiger partial charge is 0.493 e. The van der Waals surface area contributed by atoms with Crippen LogP contribution < -0.4 is 15.8 Å². The van der Waals surface area contributed by atoms with Crippen LogP contribution in [0.25, 0.3) is 0 Å². The maximum Gasteiger partial charge on any atom is 0.227 e. The minimum Gasteiger partial charge on any atom is -0.493 e. The Hall–Kier alpha value is -2.49. The smallest absolute Gasteiger partial charge is 0.227 e. The summed E-state index contributed by atoms with van der Waals surface area (Å²) in [6, 6.07) is 13.0. The Morgan fingerprint density at radius 2 is 1.81 bits per heavy atom. The van der Waals surface area contributed by atoms with Crippen molar-refractivity contribution in [2.24, 2.45) is 0 Å². The fraction of sp³-hybridized carbons (Fsp3) is 0.235. The van der Waals surface area contributed by atoms with E-state index in [1.807, 2.05) is 32.0 Å². The molecule has 1 amide bonds. The SMILES string of the molecule is Cc1ccc(NC(=O)CCOc2ccc(N)cc2)cc1C. The van der Waals surface area contributed by atoms with Crippen LogP contribution in [0.1, 0.15) is 17.5 Å². The molecule has 0 fully saturated rings. The molecular weight excluding hydrogens is 264 g/mol. The van der Waals surface area contributed by atoms with Crippen LogP contribution in [-0.4, -0.2) is 12.5 Å². The third kappa shape index (κ3) is 4.53. The van der Waals surface area contributed by atoms with Gasteiger partial charge in [0.15, 0.2) is 0 Å². The number of anilines is 2. The molecule has 0 aliphatic rings. The minimum absolute atomic E-state index is 0.0614. The average Bonchev–Trinajstić information content (AvgIpc) is 2.45. The molecule has 110 valence electrons. The van der Waals surface area contributed by atoms with Gasteiger partial charge >= 0.3 is 0 Å². The summed E-state index contributed by atoms with van der Waals surface area (Å²) in [5, 5.41) is 2.87. The van der Waals surface area contributed by atoms with Crippen molar-refractivity contribution in [1.29, 1.82) is 0 Å². The topological polar surface area (TPSA) is 64.3 Å². The summed E-state index contributed by atoms with van der Waals surface area (Å²) in [5.74, 6) is 0.650. The fourth-order valence-electron chi connectivity index (χ4n) is 1.87. The molecular formula is C17H20N2O2. The molecule has 0 spiro atoms. The summed E-state index contributed by atoms with van der Waals surface area (Å²) in [6.07, 6.45) is 0.303. The normalized spacial score (nSPS) is 10.2. The second-order valence-electron chi connectivity index (χ2n) is 5.01. The van der Waals surface area contributed by atoms with Crippen molar-refractivity contribution in [2.75, 3.05) is 17.7 Å². The number of hydrogen-bond acceptors (Lipinski definition) is 3. The van der Waals surface area contributed by atoms with E-state index in [-0.39, 0.29) is 5.91 Å². The van der Waals surface area contributed by atoms with Gasteiger partial charge in [0, 0.05) is 11.4 Å². The highest BCUT2D eigenvalue weighted by atomic mass is 16.5. The molecule has 0 atom stereocenters. The fourth-order valence-corrected chi connectivity index (χ4v) is 1.87. The van der Waals surface area contributed by atoms with E-state index >= 15 is 0 Å². The van der Waals surface area contributed by atoms with Crippen LogP contribution in [0.5, 0.6) is 5.75 Å². The van der Waals surface area contributed by atoms with Crippen LogP contribution >= 0.6 is 0 Å². The predicted octanol–water partition coefficient (Wildman–Crippen LogP) is 3.29. The monoisotopic (exact) mass is 284 g/mol.